The topological polar surface area (TPSA) is 24.3 Å². The summed E-state index contributed by atoms with van der Waals surface area (Å²) in [5.74, 6) is -2.71. The Bertz CT molecular complexity index is 2220. The lowest BCUT2D eigenvalue weighted by atomic mass is 9.84. The van der Waals surface area contributed by atoms with Crippen LogP contribution in [0.4, 0.5) is 25.8 Å². The molecule has 0 amide bonds. The highest BCUT2D eigenvalue weighted by Gasteiger charge is 2.37. The number of hydrogen-bond donors (Lipinski definition) is 0. The molecule has 0 spiro atoms. The molecule has 4 nitrogen and oxygen atoms in total. The van der Waals surface area contributed by atoms with E-state index < -0.39 is 18.3 Å². The van der Waals surface area contributed by atoms with Gasteiger partial charge in [0.1, 0.15) is 5.82 Å². The summed E-state index contributed by atoms with van der Waals surface area (Å²) in [5, 5.41) is 1.82. The van der Waals surface area contributed by atoms with Crippen molar-refractivity contribution < 1.29 is 12.9 Å². The molecule has 0 saturated heterocycles. The summed E-state index contributed by atoms with van der Waals surface area (Å²) in [6.07, 6.45) is 1.78. The number of aromatic nitrogens is 2. The van der Waals surface area contributed by atoms with E-state index in [0.717, 1.165) is 27.4 Å². The summed E-state index contributed by atoms with van der Waals surface area (Å²) in [4.78, 5) is 7.85. The number of benzene rings is 4. The number of nitrogens with zero attached hydrogens (tertiary/aromatic N) is 4. The van der Waals surface area contributed by atoms with Crippen LogP contribution in [0.15, 0.2) is 103 Å². The first-order chi connectivity index (χ1) is 22.9. The van der Waals surface area contributed by atoms with E-state index in [2.05, 4.69) is 20.8 Å². The van der Waals surface area contributed by atoms with Gasteiger partial charge in [-0.25, -0.2) is 4.98 Å². The summed E-state index contributed by atoms with van der Waals surface area (Å²) < 4.78 is 60.6. The van der Waals surface area contributed by atoms with Crippen LogP contribution >= 0.6 is 0 Å². The third-order valence-corrected chi connectivity index (χ3v) is 9.08. The van der Waals surface area contributed by atoms with Gasteiger partial charge in [0.25, 0.3) is 5.92 Å². The fraction of sp³-hybridized carbons (Fsp3) is 0.275. The van der Waals surface area contributed by atoms with Gasteiger partial charge in [-0.15, -0.1) is 0 Å². The van der Waals surface area contributed by atoms with E-state index in [1.54, 1.807) is 36.5 Å². The molecule has 0 unspecified atom stereocenters. The molecule has 6 aromatic rings. The van der Waals surface area contributed by atoms with E-state index in [0.29, 0.717) is 28.4 Å². The first-order valence-electron chi connectivity index (χ1n) is 17.1. The molecule has 4 aromatic carbocycles. The highest BCUT2D eigenvalue weighted by molar-refractivity contribution is 6.09. The lowest BCUT2D eigenvalue weighted by molar-refractivity contribution is 0.0428. The molecule has 0 N–H and O–H groups in total. The summed E-state index contributed by atoms with van der Waals surface area (Å²) in [5.41, 5.74) is 4.19. The minimum absolute atomic E-state index is 0.0150. The monoisotopic (exact) mass is 617 g/mol. The van der Waals surface area contributed by atoms with Crippen molar-refractivity contribution in [1.82, 2.24) is 9.55 Å². The Morgan fingerprint density at radius 3 is 2.07 bits per heavy atom. The van der Waals surface area contributed by atoms with Crippen LogP contribution < -0.4 is 9.80 Å². The Morgan fingerprint density at radius 2 is 1.33 bits per heavy atom. The van der Waals surface area contributed by atoms with Crippen molar-refractivity contribution in [1.29, 1.82) is 0 Å². The molecule has 6 heteroatoms. The van der Waals surface area contributed by atoms with Crippen LogP contribution in [0.25, 0.3) is 27.6 Å². The van der Waals surface area contributed by atoms with E-state index in [-0.39, 0.29) is 23.2 Å². The van der Waals surface area contributed by atoms with Gasteiger partial charge in [-0.3, -0.25) is 4.57 Å². The van der Waals surface area contributed by atoms with Crippen LogP contribution in [0.5, 0.6) is 0 Å². The van der Waals surface area contributed by atoms with E-state index in [4.69, 9.17) is 9.10 Å². The average Bonchev–Trinajstić information content (AvgIpc) is 3.60. The molecule has 0 radical (unpaired) electrons. The summed E-state index contributed by atoms with van der Waals surface area (Å²) in [6.45, 7) is 10.0. The van der Waals surface area contributed by atoms with Gasteiger partial charge in [-0.05, 0) is 76.6 Å². The van der Waals surface area contributed by atoms with E-state index >= 15 is 8.78 Å². The standard InChI is InChI=1S/C40H40F2N4/c1-38(2,3)26-18-19-43-37(24-26)46-33-13-9-8-12-31(33)32-17-16-27(23-36(32)46)40(41,42)29-20-28(39(4,5)6)21-30(22-29)45-25-44(7)34-14-10-11-15-35(34)45/h8-24H,25H2,1-7H3/i7D3. The number of anilines is 3. The predicted molar refractivity (Wildman–Crippen MR) is 187 cm³/mol. The third kappa shape index (κ3) is 4.91. The molecular formula is C40H40F2N4. The molecule has 46 heavy (non-hydrogen) atoms. The fourth-order valence-corrected chi connectivity index (χ4v) is 6.40. The number of pyridine rings is 1. The zero-order valence-electron chi connectivity index (χ0n) is 30.1. The van der Waals surface area contributed by atoms with Crippen molar-refractivity contribution in [2.45, 2.75) is 58.3 Å². The van der Waals surface area contributed by atoms with E-state index in [1.807, 2.05) is 84.8 Å². The number of hydrogen-bond acceptors (Lipinski definition) is 3. The van der Waals surface area contributed by atoms with E-state index in [9.17, 15) is 0 Å². The van der Waals surface area contributed by atoms with Crippen LogP contribution in [0.1, 0.15) is 67.9 Å². The van der Waals surface area contributed by atoms with Gasteiger partial charge in [-0.1, -0.05) is 84.0 Å². The quantitative estimate of drug-likeness (QED) is 0.197. The van der Waals surface area contributed by atoms with Crippen LogP contribution in [0.3, 0.4) is 0 Å². The number of rotatable bonds is 4. The van der Waals surface area contributed by atoms with Gasteiger partial charge in [-0.2, -0.15) is 8.78 Å². The molecule has 0 aliphatic carbocycles. The molecule has 234 valence electrons. The maximum atomic E-state index is 17.1. The third-order valence-electron chi connectivity index (χ3n) is 9.08. The van der Waals surface area contributed by atoms with E-state index in [1.165, 1.54) is 17.0 Å². The van der Waals surface area contributed by atoms with Crippen molar-refractivity contribution >= 4 is 38.9 Å². The first kappa shape index (κ1) is 26.5. The number of halogens is 2. The molecule has 0 bridgehead atoms. The Hall–Kier alpha value is -4.71. The van der Waals surface area contributed by atoms with Crippen LogP contribution in [0.2, 0.25) is 0 Å². The zero-order valence-corrected chi connectivity index (χ0v) is 27.1. The zero-order chi connectivity index (χ0) is 35.1. The number of alkyl halides is 2. The second-order valence-electron chi connectivity index (χ2n) is 14.3. The van der Waals surface area contributed by atoms with Crippen molar-refractivity contribution in [2.24, 2.45) is 0 Å². The Morgan fingerprint density at radius 1 is 0.652 bits per heavy atom. The minimum atomic E-state index is -3.38. The van der Waals surface area contributed by atoms with Gasteiger partial charge < -0.3 is 9.80 Å². The highest BCUT2D eigenvalue weighted by atomic mass is 19.3. The van der Waals surface area contributed by atoms with Gasteiger partial charge in [0.2, 0.25) is 0 Å². The predicted octanol–water partition coefficient (Wildman–Crippen LogP) is 10.5. The molecule has 1 aliphatic heterocycles. The van der Waals surface area contributed by atoms with Gasteiger partial charge in [0.05, 0.1) is 29.1 Å². The molecular weight excluding hydrogens is 574 g/mol. The summed E-state index contributed by atoms with van der Waals surface area (Å²) >= 11 is 0. The van der Waals surface area contributed by atoms with Crippen LogP contribution in [-0.2, 0) is 16.8 Å². The van der Waals surface area contributed by atoms with Crippen LogP contribution in [-0.4, -0.2) is 23.2 Å². The smallest absolute Gasteiger partial charge is 0.298 e. The number of fused-ring (bicyclic) bond motifs is 4. The Balaban J connectivity index is 1.40. The normalized spacial score (nSPS) is 15.3. The molecule has 1 aliphatic rings. The molecule has 3 heterocycles. The first-order valence-corrected chi connectivity index (χ1v) is 15.6. The van der Waals surface area contributed by atoms with Crippen molar-refractivity contribution in [3.8, 4) is 5.82 Å². The molecule has 2 aromatic heterocycles. The largest absolute Gasteiger partial charge is 0.355 e. The van der Waals surface area contributed by atoms with Crippen molar-refractivity contribution in [3.63, 3.8) is 0 Å². The minimum Gasteiger partial charge on any atom is -0.355 e. The molecule has 0 atom stereocenters. The highest BCUT2D eigenvalue weighted by Crippen LogP contribution is 2.45. The van der Waals surface area contributed by atoms with Gasteiger partial charge in [0.15, 0.2) is 0 Å². The van der Waals surface area contributed by atoms with Crippen LogP contribution in [0, 0.1) is 0 Å². The van der Waals surface area contributed by atoms with Gasteiger partial charge in [0, 0.05) is 44.9 Å². The van der Waals surface area contributed by atoms with Gasteiger partial charge >= 0.3 is 0 Å². The summed E-state index contributed by atoms with van der Waals surface area (Å²) in [6, 6.07) is 29.0. The lowest BCUT2D eigenvalue weighted by Gasteiger charge is -2.28. The number of para-hydroxylation sites is 3. The second kappa shape index (κ2) is 10.4. The molecule has 7 rings (SSSR count). The maximum Gasteiger partial charge on any atom is 0.298 e. The lowest BCUT2D eigenvalue weighted by Crippen LogP contribution is -2.25. The summed E-state index contributed by atoms with van der Waals surface area (Å²) in [7, 11) is 0. The SMILES string of the molecule is [2H]C([2H])([2H])N1CN(c2cc(C(C)(C)C)cc(C(F)(F)c3ccc4c5ccccc5n(-c5cc(C(C)(C)C)ccn5)c4c3)c2)c2ccccc21. The fourth-order valence-electron chi connectivity index (χ4n) is 6.40. The average molecular weight is 618 g/mol. The Labute approximate surface area is 274 Å². The van der Waals surface area contributed by atoms with Crippen molar-refractivity contribution in [2.75, 3.05) is 23.4 Å². The molecule has 0 saturated carbocycles. The maximum absolute atomic E-state index is 17.1. The molecule has 0 fully saturated rings. The Kier molecular flexibility index (Phi) is 6.00. The second-order valence-corrected chi connectivity index (χ2v) is 14.3. The van der Waals surface area contributed by atoms with Crippen molar-refractivity contribution in [3.05, 3.63) is 126 Å².